The minimum atomic E-state index is -4.48. The fraction of sp³-hybridized carbons (Fsp3) is 0.250. The van der Waals surface area contributed by atoms with Gasteiger partial charge in [-0.05, 0) is 86.7 Å². The third kappa shape index (κ3) is 8.82. The lowest BCUT2D eigenvalue weighted by molar-refractivity contribution is -0.137. The molecular formula is C32H31F3N4O5S. The highest BCUT2D eigenvalue weighted by molar-refractivity contribution is 7.14. The standard InChI is InChI=1S/C32H31F3N4O5S/c1-31(2,3)44-30(42)39(4)29-38-23(18-45-29)14-11-20-17-22(15-16-26(20)43-28(36)41)37-27(40)25-8-6-5-7-24(25)19-9-12-21(13-10-19)32(33,34)35/h5-10,12-13,15-18H,11,14H2,1-4H3,(H2,36,41)(H,37,40). The number of aromatic nitrogens is 1. The lowest BCUT2D eigenvalue weighted by Crippen LogP contribution is -2.34. The molecule has 1 heterocycles. The largest absolute Gasteiger partial charge is 0.443 e. The zero-order chi connectivity index (χ0) is 32.9. The molecule has 3 N–H and O–H groups in total. The first-order valence-electron chi connectivity index (χ1n) is 13.7. The first kappa shape index (κ1) is 33.0. The molecule has 3 aromatic carbocycles. The second-order valence-corrected chi connectivity index (χ2v) is 11.8. The van der Waals surface area contributed by atoms with Gasteiger partial charge in [-0.1, -0.05) is 30.3 Å². The number of aryl methyl sites for hydroxylation is 2. The summed E-state index contributed by atoms with van der Waals surface area (Å²) in [6.45, 7) is 5.31. The monoisotopic (exact) mass is 640 g/mol. The molecule has 0 radical (unpaired) electrons. The number of primary amides is 1. The number of alkyl halides is 3. The fourth-order valence-corrected chi connectivity index (χ4v) is 5.08. The summed E-state index contributed by atoms with van der Waals surface area (Å²) in [6.07, 6.45) is -5.27. The van der Waals surface area contributed by atoms with Crippen molar-refractivity contribution in [1.82, 2.24) is 4.98 Å². The third-order valence-corrected chi connectivity index (χ3v) is 7.33. The van der Waals surface area contributed by atoms with Gasteiger partial charge in [0.1, 0.15) is 11.4 Å². The van der Waals surface area contributed by atoms with Crippen LogP contribution in [0.15, 0.2) is 72.1 Å². The van der Waals surface area contributed by atoms with Gasteiger partial charge >= 0.3 is 18.4 Å². The number of anilines is 2. The van der Waals surface area contributed by atoms with Gasteiger partial charge in [-0.3, -0.25) is 9.69 Å². The van der Waals surface area contributed by atoms with Crippen molar-refractivity contribution in [2.45, 2.75) is 45.4 Å². The summed E-state index contributed by atoms with van der Waals surface area (Å²) in [5.74, 6) is -0.290. The van der Waals surface area contributed by atoms with E-state index in [4.69, 9.17) is 15.2 Å². The lowest BCUT2D eigenvalue weighted by atomic mass is 9.98. The number of hydrogen-bond acceptors (Lipinski definition) is 7. The molecule has 13 heteroatoms. The molecule has 4 rings (SSSR count). The van der Waals surface area contributed by atoms with Gasteiger partial charge in [0.2, 0.25) is 0 Å². The smallest absolute Gasteiger partial charge is 0.416 e. The maximum absolute atomic E-state index is 13.3. The number of benzene rings is 3. The predicted octanol–water partition coefficient (Wildman–Crippen LogP) is 7.70. The molecule has 0 atom stereocenters. The molecule has 0 aliphatic heterocycles. The second-order valence-electron chi connectivity index (χ2n) is 11.0. The van der Waals surface area contributed by atoms with Crippen LogP contribution >= 0.6 is 11.3 Å². The number of nitrogens with zero attached hydrogens (tertiary/aromatic N) is 2. The molecular weight excluding hydrogens is 609 g/mol. The number of amides is 3. The van der Waals surface area contributed by atoms with E-state index in [0.717, 1.165) is 12.1 Å². The maximum atomic E-state index is 13.3. The number of nitrogens with one attached hydrogen (secondary N) is 1. The van der Waals surface area contributed by atoms with Crippen LogP contribution in [0, 0.1) is 0 Å². The number of hydrogen-bond donors (Lipinski definition) is 2. The molecule has 0 aliphatic rings. The van der Waals surface area contributed by atoms with Gasteiger partial charge in [0, 0.05) is 23.7 Å². The van der Waals surface area contributed by atoms with E-state index in [1.807, 2.05) is 0 Å². The first-order valence-corrected chi connectivity index (χ1v) is 14.6. The van der Waals surface area contributed by atoms with Crippen LogP contribution in [0.25, 0.3) is 11.1 Å². The van der Waals surface area contributed by atoms with E-state index in [1.54, 1.807) is 63.5 Å². The van der Waals surface area contributed by atoms with Crippen LogP contribution in [0.3, 0.4) is 0 Å². The van der Waals surface area contributed by atoms with Gasteiger partial charge in [-0.2, -0.15) is 13.2 Å². The van der Waals surface area contributed by atoms with Crippen molar-refractivity contribution in [1.29, 1.82) is 0 Å². The lowest BCUT2D eigenvalue weighted by Gasteiger charge is -2.23. The Labute approximate surface area is 261 Å². The molecule has 0 saturated carbocycles. The van der Waals surface area contributed by atoms with E-state index >= 15 is 0 Å². The summed E-state index contributed by atoms with van der Waals surface area (Å²) in [5, 5.41) is 5.06. The van der Waals surface area contributed by atoms with Gasteiger partial charge in [0.15, 0.2) is 5.13 Å². The highest BCUT2D eigenvalue weighted by Crippen LogP contribution is 2.33. The van der Waals surface area contributed by atoms with Crippen LogP contribution in [-0.4, -0.2) is 35.7 Å². The van der Waals surface area contributed by atoms with Crippen molar-refractivity contribution < 1.29 is 37.0 Å². The predicted molar refractivity (Wildman–Crippen MR) is 166 cm³/mol. The van der Waals surface area contributed by atoms with Crippen molar-refractivity contribution in [3.63, 3.8) is 0 Å². The van der Waals surface area contributed by atoms with Crippen LogP contribution in [0.1, 0.15) is 48.0 Å². The normalized spacial score (nSPS) is 11.5. The molecule has 0 aliphatic carbocycles. The summed E-state index contributed by atoms with van der Waals surface area (Å²) in [4.78, 5) is 43.1. The molecule has 0 spiro atoms. The van der Waals surface area contributed by atoms with Crippen LogP contribution in [0.2, 0.25) is 0 Å². The number of rotatable bonds is 8. The maximum Gasteiger partial charge on any atom is 0.416 e. The number of carbonyl (C=O) groups excluding carboxylic acids is 3. The topological polar surface area (TPSA) is 124 Å². The molecule has 236 valence electrons. The summed E-state index contributed by atoms with van der Waals surface area (Å²) in [5.41, 5.74) is 6.57. The zero-order valence-corrected chi connectivity index (χ0v) is 25.7. The van der Waals surface area contributed by atoms with Crippen LogP contribution in [-0.2, 0) is 23.8 Å². The van der Waals surface area contributed by atoms with Gasteiger partial charge in [-0.25, -0.2) is 14.6 Å². The molecule has 45 heavy (non-hydrogen) atoms. The third-order valence-electron chi connectivity index (χ3n) is 6.37. The van der Waals surface area contributed by atoms with E-state index in [9.17, 15) is 27.6 Å². The number of halogens is 3. The Morgan fingerprint density at radius 3 is 2.31 bits per heavy atom. The van der Waals surface area contributed by atoms with Crippen molar-refractivity contribution in [2.24, 2.45) is 5.73 Å². The van der Waals surface area contributed by atoms with Gasteiger partial charge in [0.25, 0.3) is 5.91 Å². The molecule has 0 saturated heterocycles. The Hall–Kier alpha value is -4.91. The average molecular weight is 641 g/mol. The molecule has 0 unspecified atom stereocenters. The van der Waals surface area contributed by atoms with Crippen LogP contribution in [0.5, 0.6) is 5.75 Å². The van der Waals surface area contributed by atoms with Crippen LogP contribution < -0.4 is 20.7 Å². The molecule has 0 bridgehead atoms. The van der Waals surface area contributed by atoms with Gasteiger partial charge in [-0.15, -0.1) is 11.3 Å². The number of carbonyl (C=O) groups is 3. The molecule has 4 aromatic rings. The Balaban J connectivity index is 1.52. The summed E-state index contributed by atoms with van der Waals surface area (Å²) >= 11 is 1.27. The molecule has 3 amide bonds. The minimum Gasteiger partial charge on any atom is -0.443 e. The average Bonchev–Trinajstić information content (AvgIpc) is 3.44. The first-order chi connectivity index (χ1) is 21.1. The summed E-state index contributed by atoms with van der Waals surface area (Å²) in [6, 6.07) is 15.8. The minimum absolute atomic E-state index is 0.201. The Kier molecular flexibility index (Phi) is 9.81. The van der Waals surface area contributed by atoms with Crippen LogP contribution in [0.4, 0.5) is 33.6 Å². The van der Waals surface area contributed by atoms with Crippen molar-refractivity contribution >= 4 is 40.2 Å². The summed E-state index contributed by atoms with van der Waals surface area (Å²) in [7, 11) is 1.57. The molecule has 9 nitrogen and oxygen atoms in total. The number of nitrogens with two attached hydrogens (primary N) is 1. The number of thiazole rings is 1. The van der Waals surface area contributed by atoms with Crippen molar-refractivity contribution in [3.05, 3.63) is 94.5 Å². The molecule has 1 aromatic heterocycles. The van der Waals surface area contributed by atoms with Gasteiger partial charge < -0.3 is 20.5 Å². The molecule has 0 fully saturated rings. The highest BCUT2D eigenvalue weighted by Gasteiger charge is 2.30. The Morgan fingerprint density at radius 2 is 1.67 bits per heavy atom. The highest BCUT2D eigenvalue weighted by atomic mass is 32.1. The fourth-order valence-electron chi connectivity index (χ4n) is 4.27. The number of ether oxygens (including phenoxy) is 2. The van der Waals surface area contributed by atoms with E-state index in [0.29, 0.717) is 46.0 Å². The van der Waals surface area contributed by atoms with E-state index in [1.165, 1.54) is 40.5 Å². The van der Waals surface area contributed by atoms with E-state index in [2.05, 4.69) is 10.3 Å². The zero-order valence-electron chi connectivity index (χ0n) is 24.9. The van der Waals surface area contributed by atoms with Crippen molar-refractivity contribution in [2.75, 3.05) is 17.3 Å². The van der Waals surface area contributed by atoms with E-state index < -0.39 is 35.4 Å². The quantitative estimate of drug-likeness (QED) is 0.204. The summed E-state index contributed by atoms with van der Waals surface area (Å²) < 4.78 is 49.7. The Bertz CT molecular complexity index is 1700. The van der Waals surface area contributed by atoms with Gasteiger partial charge in [0.05, 0.1) is 11.3 Å². The van der Waals surface area contributed by atoms with Crippen molar-refractivity contribution in [3.8, 4) is 16.9 Å². The Morgan fingerprint density at radius 1 is 0.978 bits per heavy atom. The second kappa shape index (κ2) is 13.4. The SMILES string of the molecule is CN(C(=O)OC(C)(C)C)c1nc(CCc2cc(NC(=O)c3ccccc3-c3ccc(C(F)(F)F)cc3)ccc2OC(N)=O)cs1. The van der Waals surface area contributed by atoms with E-state index in [-0.39, 0.29) is 11.3 Å².